The van der Waals surface area contributed by atoms with Crippen LogP contribution in [-0.2, 0) is 17.6 Å². The van der Waals surface area contributed by atoms with Crippen molar-refractivity contribution in [2.24, 2.45) is 0 Å². The first kappa shape index (κ1) is 8.30. The van der Waals surface area contributed by atoms with Gasteiger partial charge < -0.3 is 9.47 Å². The van der Waals surface area contributed by atoms with E-state index >= 15 is 0 Å². The van der Waals surface area contributed by atoms with Crippen LogP contribution in [0.15, 0.2) is 18.2 Å². The smallest absolute Gasteiger partial charge is 0.125 e. The number of ether oxygens (including phenoxy) is 2. The average molecular weight is 190 g/mol. The molecule has 2 nitrogen and oxygen atoms in total. The van der Waals surface area contributed by atoms with Crippen LogP contribution in [0.25, 0.3) is 0 Å². The van der Waals surface area contributed by atoms with Gasteiger partial charge in [0.05, 0.1) is 19.3 Å². The highest BCUT2D eigenvalue weighted by atomic mass is 16.6. The number of hydrogen-bond acceptors (Lipinski definition) is 2. The highest BCUT2D eigenvalue weighted by Gasteiger charge is 2.25. The van der Waals surface area contributed by atoms with Crippen molar-refractivity contribution in [3.05, 3.63) is 29.3 Å². The summed E-state index contributed by atoms with van der Waals surface area (Å²) in [6.45, 7) is 1.79. The molecule has 74 valence electrons. The third kappa shape index (κ3) is 1.50. The van der Waals surface area contributed by atoms with E-state index in [1.165, 1.54) is 11.1 Å². The van der Waals surface area contributed by atoms with Crippen LogP contribution in [-0.4, -0.2) is 19.3 Å². The van der Waals surface area contributed by atoms with E-state index in [4.69, 9.17) is 9.47 Å². The fourth-order valence-electron chi connectivity index (χ4n) is 2.05. The van der Waals surface area contributed by atoms with Gasteiger partial charge in [-0.15, -0.1) is 0 Å². The zero-order valence-corrected chi connectivity index (χ0v) is 8.16. The van der Waals surface area contributed by atoms with Crippen LogP contribution in [0.4, 0.5) is 0 Å². The fourth-order valence-corrected chi connectivity index (χ4v) is 2.05. The Kier molecular flexibility index (Phi) is 1.95. The summed E-state index contributed by atoms with van der Waals surface area (Å²) in [7, 11) is 0. The van der Waals surface area contributed by atoms with Gasteiger partial charge in [-0.1, -0.05) is 18.2 Å². The van der Waals surface area contributed by atoms with E-state index in [-0.39, 0.29) is 0 Å². The summed E-state index contributed by atoms with van der Waals surface area (Å²) < 4.78 is 11.0. The first-order chi connectivity index (χ1) is 6.93. The summed E-state index contributed by atoms with van der Waals surface area (Å²) >= 11 is 0. The van der Waals surface area contributed by atoms with E-state index < -0.39 is 0 Å². The fraction of sp³-hybridized carbons (Fsp3) is 0.500. The summed E-state index contributed by atoms with van der Waals surface area (Å²) in [5.41, 5.74) is 2.69. The molecule has 2 heterocycles. The molecule has 1 aromatic carbocycles. The molecule has 0 N–H and O–H groups in total. The molecular formula is C12H14O2. The second-order valence-corrected chi connectivity index (χ2v) is 4.02. The van der Waals surface area contributed by atoms with Gasteiger partial charge in [0, 0.05) is 6.42 Å². The van der Waals surface area contributed by atoms with Crippen LogP contribution < -0.4 is 4.74 Å². The maximum Gasteiger partial charge on any atom is 0.125 e. The van der Waals surface area contributed by atoms with Crippen molar-refractivity contribution >= 4 is 0 Å². The number of benzene rings is 1. The van der Waals surface area contributed by atoms with Crippen molar-refractivity contribution in [3.63, 3.8) is 0 Å². The van der Waals surface area contributed by atoms with E-state index in [1.54, 1.807) is 0 Å². The lowest BCUT2D eigenvalue weighted by Gasteiger charge is -2.19. The Morgan fingerprint density at radius 2 is 2.29 bits per heavy atom. The highest BCUT2D eigenvalue weighted by Crippen LogP contribution is 2.31. The average Bonchev–Trinajstić information content (AvgIpc) is 3.03. The van der Waals surface area contributed by atoms with Crippen molar-refractivity contribution in [2.75, 3.05) is 13.2 Å². The van der Waals surface area contributed by atoms with Crippen LogP contribution in [0.2, 0.25) is 0 Å². The van der Waals surface area contributed by atoms with E-state index in [2.05, 4.69) is 18.2 Å². The van der Waals surface area contributed by atoms with E-state index in [9.17, 15) is 0 Å². The minimum atomic E-state index is 0.451. The van der Waals surface area contributed by atoms with Gasteiger partial charge in [0.1, 0.15) is 5.75 Å². The Labute approximate surface area is 83.8 Å². The van der Waals surface area contributed by atoms with Gasteiger partial charge in [-0.25, -0.2) is 0 Å². The van der Waals surface area contributed by atoms with Gasteiger partial charge in [0.15, 0.2) is 0 Å². The molecule has 1 fully saturated rings. The summed E-state index contributed by atoms with van der Waals surface area (Å²) in [5, 5.41) is 0. The quantitative estimate of drug-likeness (QED) is 0.665. The lowest BCUT2D eigenvalue weighted by atomic mass is 10.00. The molecule has 2 aliphatic heterocycles. The molecule has 2 aliphatic rings. The minimum absolute atomic E-state index is 0.451. The largest absolute Gasteiger partial charge is 0.493 e. The van der Waals surface area contributed by atoms with E-state index in [0.717, 1.165) is 38.2 Å². The van der Waals surface area contributed by atoms with Crippen molar-refractivity contribution in [1.29, 1.82) is 0 Å². The van der Waals surface area contributed by atoms with Crippen LogP contribution >= 0.6 is 0 Å². The molecule has 0 bridgehead atoms. The first-order valence-electron chi connectivity index (χ1n) is 5.28. The van der Waals surface area contributed by atoms with E-state index in [1.807, 2.05) is 0 Å². The SMILES string of the molecule is c1cc2c(c(CC3CO3)c1)OCCC2. The Hall–Kier alpha value is -1.02. The van der Waals surface area contributed by atoms with Gasteiger partial charge in [-0.3, -0.25) is 0 Å². The molecule has 0 saturated carbocycles. The topological polar surface area (TPSA) is 21.8 Å². The second kappa shape index (κ2) is 3.28. The molecule has 14 heavy (non-hydrogen) atoms. The zero-order chi connectivity index (χ0) is 9.38. The summed E-state index contributed by atoms with van der Waals surface area (Å²) in [6, 6.07) is 6.46. The lowest BCUT2D eigenvalue weighted by molar-refractivity contribution is 0.284. The molecular weight excluding hydrogens is 176 g/mol. The molecule has 0 radical (unpaired) electrons. The van der Waals surface area contributed by atoms with Crippen LogP contribution in [0, 0.1) is 0 Å². The van der Waals surface area contributed by atoms with Crippen molar-refractivity contribution in [1.82, 2.24) is 0 Å². The van der Waals surface area contributed by atoms with Crippen molar-refractivity contribution in [2.45, 2.75) is 25.4 Å². The maximum atomic E-state index is 5.73. The molecule has 2 heteroatoms. The van der Waals surface area contributed by atoms with Crippen LogP contribution in [0.1, 0.15) is 17.5 Å². The van der Waals surface area contributed by atoms with Gasteiger partial charge in [0.25, 0.3) is 0 Å². The molecule has 1 aromatic rings. The third-order valence-corrected chi connectivity index (χ3v) is 2.86. The predicted molar refractivity (Wildman–Crippen MR) is 53.7 cm³/mol. The van der Waals surface area contributed by atoms with Crippen molar-refractivity contribution < 1.29 is 9.47 Å². The Morgan fingerprint density at radius 3 is 3.14 bits per heavy atom. The number of fused-ring (bicyclic) bond motifs is 1. The molecule has 0 spiro atoms. The first-order valence-corrected chi connectivity index (χ1v) is 5.28. The van der Waals surface area contributed by atoms with Crippen LogP contribution in [0.5, 0.6) is 5.75 Å². The number of para-hydroxylation sites is 1. The van der Waals surface area contributed by atoms with Gasteiger partial charge in [0.2, 0.25) is 0 Å². The summed E-state index contributed by atoms with van der Waals surface area (Å²) in [6.07, 6.45) is 3.78. The molecule has 0 aromatic heterocycles. The Balaban J connectivity index is 1.92. The standard InChI is InChI=1S/C12H14O2/c1-3-9-5-2-6-13-12(9)10(4-1)7-11-8-14-11/h1,3-4,11H,2,5-8H2. The third-order valence-electron chi connectivity index (χ3n) is 2.86. The lowest BCUT2D eigenvalue weighted by Crippen LogP contribution is -2.11. The number of epoxide rings is 1. The van der Waals surface area contributed by atoms with Crippen LogP contribution in [0.3, 0.4) is 0 Å². The molecule has 1 atom stereocenters. The number of aryl methyl sites for hydroxylation is 1. The minimum Gasteiger partial charge on any atom is -0.493 e. The maximum absolute atomic E-state index is 5.73. The summed E-state index contributed by atoms with van der Waals surface area (Å²) in [5.74, 6) is 1.13. The molecule has 1 saturated heterocycles. The van der Waals surface area contributed by atoms with Gasteiger partial charge >= 0.3 is 0 Å². The zero-order valence-electron chi connectivity index (χ0n) is 8.16. The van der Waals surface area contributed by atoms with Gasteiger partial charge in [-0.05, 0) is 24.0 Å². The molecule has 0 amide bonds. The van der Waals surface area contributed by atoms with Gasteiger partial charge in [-0.2, -0.15) is 0 Å². The number of rotatable bonds is 2. The number of hydrogen-bond donors (Lipinski definition) is 0. The van der Waals surface area contributed by atoms with Crippen molar-refractivity contribution in [3.8, 4) is 5.75 Å². The van der Waals surface area contributed by atoms with E-state index in [0.29, 0.717) is 6.10 Å². The summed E-state index contributed by atoms with van der Waals surface area (Å²) in [4.78, 5) is 0. The Bertz CT molecular complexity index is 342. The highest BCUT2D eigenvalue weighted by molar-refractivity contribution is 5.43. The molecule has 1 unspecified atom stereocenters. The monoisotopic (exact) mass is 190 g/mol. The normalized spacial score (nSPS) is 23.9. The Morgan fingerprint density at radius 1 is 1.36 bits per heavy atom. The molecule has 3 rings (SSSR count). The predicted octanol–water partition coefficient (Wildman–Crippen LogP) is 1.95. The molecule has 0 aliphatic carbocycles. The second-order valence-electron chi connectivity index (χ2n) is 4.02.